The van der Waals surface area contributed by atoms with Gasteiger partial charge in [-0.3, -0.25) is 4.79 Å². The molecule has 1 aromatic rings. The third kappa shape index (κ3) is 6.37. The lowest BCUT2D eigenvalue weighted by molar-refractivity contribution is -0.142. The standard InChI is InChI=1S/C15H22N2O4/c1-21-10-9-12(16)14(18)17-13(15(19)20)8-7-11-5-3-2-4-6-11/h2-6,12-13H,7-10,16H2,1H3,(H,17,18)(H,19,20). The minimum atomic E-state index is -1.06. The van der Waals surface area contributed by atoms with E-state index in [1.807, 2.05) is 30.3 Å². The zero-order valence-corrected chi connectivity index (χ0v) is 12.1. The molecule has 6 nitrogen and oxygen atoms in total. The van der Waals surface area contributed by atoms with Gasteiger partial charge in [-0.15, -0.1) is 0 Å². The summed E-state index contributed by atoms with van der Waals surface area (Å²) in [6.45, 7) is 0.357. The van der Waals surface area contributed by atoms with Crippen LogP contribution in [0.3, 0.4) is 0 Å². The van der Waals surface area contributed by atoms with E-state index in [9.17, 15) is 14.7 Å². The predicted octanol–water partition coefficient (Wildman–Crippen LogP) is 0.552. The number of carboxylic acids is 1. The predicted molar refractivity (Wildman–Crippen MR) is 78.8 cm³/mol. The number of carbonyl (C=O) groups excluding carboxylic acids is 1. The van der Waals surface area contributed by atoms with Gasteiger partial charge in [-0.2, -0.15) is 0 Å². The fourth-order valence-electron chi connectivity index (χ4n) is 1.87. The quantitative estimate of drug-likeness (QED) is 0.617. The van der Waals surface area contributed by atoms with Gasteiger partial charge in [-0.25, -0.2) is 4.79 Å². The van der Waals surface area contributed by atoms with Gasteiger partial charge < -0.3 is 20.9 Å². The lowest BCUT2D eigenvalue weighted by Gasteiger charge is -2.17. The molecule has 116 valence electrons. The molecule has 21 heavy (non-hydrogen) atoms. The number of carboxylic acid groups (broad SMARTS) is 1. The third-order valence-corrected chi connectivity index (χ3v) is 3.15. The number of hydrogen-bond donors (Lipinski definition) is 3. The first kappa shape index (κ1) is 17.1. The van der Waals surface area contributed by atoms with Crippen molar-refractivity contribution in [1.82, 2.24) is 5.32 Å². The van der Waals surface area contributed by atoms with E-state index >= 15 is 0 Å². The van der Waals surface area contributed by atoms with Crippen molar-refractivity contribution in [3.63, 3.8) is 0 Å². The number of ether oxygens (including phenoxy) is 1. The van der Waals surface area contributed by atoms with Crippen LogP contribution in [0, 0.1) is 0 Å². The number of aliphatic carboxylic acids is 1. The van der Waals surface area contributed by atoms with Gasteiger partial charge in [0.15, 0.2) is 0 Å². The van der Waals surface area contributed by atoms with Crippen LogP contribution in [0.2, 0.25) is 0 Å². The third-order valence-electron chi connectivity index (χ3n) is 3.15. The van der Waals surface area contributed by atoms with Gasteiger partial charge in [0.2, 0.25) is 5.91 Å². The van der Waals surface area contributed by atoms with Crippen molar-refractivity contribution in [1.29, 1.82) is 0 Å². The van der Waals surface area contributed by atoms with Crippen molar-refractivity contribution in [2.75, 3.05) is 13.7 Å². The SMILES string of the molecule is COCCC(N)C(=O)NC(CCc1ccccc1)C(=O)O. The molecule has 0 bridgehead atoms. The van der Waals surface area contributed by atoms with E-state index in [4.69, 9.17) is 10.5 Å². The highest BCUT2D eigenvalue weighted by molar-refractivity contribution is 5.86. The fourth-order valence-corrected chi connectivity index (χ4v) is 1.87. The molecular formula is C15H22N2O4. The Morgan fingerprint density at radius 3 is 2.52 bits per heavy atom. The lowest BCUT2D eigenvalue weighted by atomic mass is 10.0. The first-order valence-electron chi connectivity index (χ1n) is 6.86. The summed E-state index contributed by atoms with van der Waals surface area (Å²) < 4.78 is 4.84. The maximum atomic E-state index is 11.8. The van der Waals surface area contributed by atoms with Crippen molar-refractivity contribution in [2.45, 2.75) is 31.3 Å². The summed E-state index contributed by atoms with van der Waals surface area (Å²) in [5.41, 5.74) is 6.70. The van der Waals surface area contributed by atoms with Crippen LogP contribution >= 0.6 is 0 Å². The number of rotatable bonds is 9. The topological polar surface area (TPSA) is 102 Å². The van der Waals surface area contributed by atoms with Crippen LogP contribution in [-0.4, -0.2) is 42.8 Å². The lowest BCUT2D eigenvalue weighted by Crippen LogP contribution is -2.48. The summed E-state index contributed by atoms with van der Waals surface area (Å²) in [4.78, 5) is 23.0. The van der Waals surface area contributed by atoms with Gasteiger partial charge in [0.05, 0.1) is 6.04 Å². The van der Waals surface area contributed by atoms with Gasteiger partial charge >= 0.3 is 5.97 Å². The number of carbonyl (C=O) groups is 2. The van der Waals surface area contributed by atoms with Gasteiger partial charge in [-0.05, 0) is 24.8 Å². The van der Waals surface area contributed by atoms with Crippen LogP contribution in [0.4, 0.5) is 0 Å². The second kappa shape index (κ2) is 9.10. The maximum Gasteiger partial charge on any atom is 0.326 e. The first-order chi connectivity index (χ1) is 10.0. The average molecular weight is 294 g/mol. The van der Waals surface area contributed by atoms with Gasteiger partial charge in [0, 0.05) is 13.7 Å². The van der Waals surface area contributed by atoms with Crippen LogP contribution in [0.25, 0.3) is 0 Å². The van der Waals surface area contributed by atoms with Crippen molar-refractivity contribution in [3.05, 3.63) is 35.9 Å². The van der Waals surface area contributed by atoms with Crippen molar-refractivity contribution in [2.24, 2.45) is 5.73 Å². The Labute approximate surface area is 124 Å². The second-order valence-corrected chi connectivity index (χ2v) is 4.81. The van der Waals surface area contributed by atoms with E-state index in [1.54, 1.807) is 0 Å². The number of amides is 1. The molecule has 0 aliphatic heterocycles. The van der Waals surface area contributed by atoms with Crippen LogP contribution in [0.5, 0.6) is 0 Å². The van der Waals surface area contributed by atoms with Crippen LogP contribution in [0.15, 0.2) is 30.3 Å². The molecule has 1 rings (SSSR count). The molecule has 0 aromatic heterocycles. The summed E-state index contributed by atoms with van der Waals surface area (Å²) in [6, 6.07) is 7.83. The summed E-state index contributed by atoms with van der Waals surface area (Å²) in [7, 11) is 1.52. The molecule has 1 amide bonds. The molecule has 0 aliphatic rings. The van der Waals surface area contributed by atoms with E-state index in [1.165, 1.54) is 7.11 Å². The summed E-state index contributed by atoms with van der Waals surface area (Å²) in [5, 5.41) is 11.7. The van der Waals surface area contributed by atoms with Crippen LogP contribution < -0.4 is 11.1 Å². The largest absolute Gasteiger partial charge is 0.480 e. The number of nitrogens with one attached hydrogen (secondary N) is 1. The Balaban J connectivity index is 2.50. The molecule has 2 atom stereocenters. The van der Waals surface area contributed by atoms with Gasteiger partial charge in [0.1, 0.15) is 6.04 Å². The van der Waals surface area contributed by atoms with E-state index in [0.29, 0.717) is 25.9 Å². The summed E-state index contributed by atoms with van der Waals surface area (Å²) >= 11 is 0. The monoisotopic (exact) mass is 294 g/mol. The van der Waals surface area contributed by atoms with E-state index < -0.39 is 24.0 Å². The zero-order valence-electron chi connectivity index (χ0n) is 12.1. The van der Waals surface area contributed by atoms with E-state index in [0.717, 1.165) is 5.56 Å². The minimum Gasteiger partial charge on any atom is -0.480 e. The summed E-state index contributed by atoms with van der Waals surface area (Å²) in [6.07, 6.45) is 1.25. The molecule has 0 radical (unpaired) electrons. The molecule has 6 heteroatoms. The number of nitrogens with two attached hydrogens (primary N) is 1. The average Bonchev–Trinajstić information content (AvgIpc) is 2.49. The van der Waals surface area contributed by atoms with Crippen molar-refractivity contribution < 1.29 is 19.4 Å². The highest BCUT2D eigenvalue weighted by Gasteiger charge is 2.22. The molecule has 2 unspecified atom stereocenters. The molecular weight excluding hydrogens is 272 g/mol. The Hall–Kier alpha value is -1.92. The highest BCUT2D eigenvalue weighted by atomic mass is 16.5. The molecule has 0 saturated carbocycles. The first-order valence-corrected chi connectivity index (χ1v) is 6.86. The Morgan fingerprint density at radius 2 is 1.95 bits per heavy atom. The number of hydrogen-bond acceptors (Lipinski definition) is 4. The van der Waals surface area contributed by atoms with Crippen molar-refractivity contribution in [3.8, 4) is 0 Å². The van der Waals surface area contributed by atoms with Gasteiger partial charge in [0.25, 0.3) is 0 Å². The van der Waals surface area contributed by atoms with E-state index in [-0.39, 0.29) is 0 Å². The Kier molecular flexibility index (Phi) is 7.42. The molecule has 0 saturated heterocycles. The second-order valence-electron chi connectivity index (χ2n) is 4.81. The highest BCUT2D eigenvalue weighted by Crippen LogP contribution is 2.06. The molecule has 0 heterocycles. The molecule has 1 aromatic carbocycles. The number of aryl methyl sites for hydroxylation is 1. The van der Waals surface area contributed by atoms with Crippen molar-refractivity contribution >= 4 is 11.9 Å². The Bertz CT molecular complexity index is 450. The Morgan fingerprint density at radius 1 is 1.29 bits per heavy atom. The zero-order chi connectivity index (χ0) is 15.7. The van der Waals surface area contributed by atoms with Gasteiger partial charge in [-0.1, -0.05) is 30.3 Å². The number of methoxy groups -OCH3 is 1. The minimum absolute atomic E-state index is 0.322. The van der Waals surface area contributed by atoms with Crippen LogP contribution in [-0.2, 0) is 20.7 Å². The maximum absolute atomic E-state index is 11.8. The molecule has 0 aliphatic carbocycles. The molecule has 4 N–H and O–H groups in total. The fraction of sp³-hybridized carbons (Fsp3) is 0.467. The molecule has 0 spiro atoms. The normalized spacial score (nSPS) is 13.4. The summed E-state index contributed by atoms with van der Waals surface area (Å²) in [5.74, 6) is -1.52. The van der Waals surface area contributed by atoms with Crippen LogP contribution in [0.1, 0.15) is 18.4 Å². The number of benzene rings is 1. The smallest absolute Gasteiger partial charge is 0.326 e. The molecule has 0 fully saturated rings. The van der Waals surface area contributed by atoms with E-state index in [2.05, 4.69) is 5.32 Å².